The SMILES string of the molecule is CN(C)CSSCN(C)C(=O)Cl. The highest BCUT2D eigenvalue weighted by Gasteiger charge is 2.03. The minimum absolute atomic E-state index is 0.409. The zero-order chi connectivity index (χ0) is 9.56. The zero-order valence-corrected chi connectivity index (χ0v) is 9.80. The van der Waals surface area contributed by atoms with E-state index in [2.05, 4.69) is 4.90 Å². The number of hydrogen-bond acceptors (Lipinski definition) is 4. The molecule has 0 aromatic heterocycles. The van der Waals surface area contributed by atoms with E-state index in [1.807, 2.05) is 14.1 Å². The number of amides is 1. The summed E-state index contributed by atoms with van der Waals surface area (Å²) in [6.07, 6.45) is 0. The second kappa shape index (κ2) is 6.88. The lowest BCUT2D eigenvalue weighted by molar-refractivity contribution is 0.238. The van der Waals surface area contributed by atoms with Crippen LogP contribution in [0.25, 0.3) is 0 Å². The Morgan fingerprint density at radius 1 is 1.25 bits per heavy atom. The fraction of sp³-hybridized carbons (Fsp3) is 0.833. The quantitative estimate of drug-likeness (QED) is 0.237. The Morgan fingerprint density at radius 3 is 2.17 bits per heavy atom. The molecule has 0 rings (SSSR count). The molecule has 0 radical (unpaired) electrons. The molecule has 0 heterocycles. The third kappa shape index (κ3) is 7.09. The van der Waals surface area contributed by atoms with E-state index in [0.29, 0.717) is 5.88 Å². The van der Waals surface area contributed by atoms with E-state index in [4.69, 9.17) is 11.6 Å². The van der Waals surface area contributed by atoms with Crippen molar-refractivity contribution in [3.8, 4) is 0 Å². The molecule has 0 fully saturated rings. The Labute approximate surface area is 86.2 Å². The lowest BCUT2D eigenvalue weighted by Gasteiger charge is -2.13. The van der Waals surface area contributed by atoms with Crippen LogP contribution in [-0.4, -0.2) is 48.1 Å². The van der Waals surface area contributed by atoms with Crippen LogP contribution in [0.4, 0.5) is 4.79 Å². The first-order valence-electron chi connectivity index (χ1n) is 3.33. The normalized spacial score (nSPS) is 10.4. The molecular formula is C6H13ClN2OS2. The van der Waals surface area contributed by atoms with E-state index >= 15 is 0 Å². The lowest BCUT2D eigenvalue weighted by atomic mass is 11.0. The van der Waals surface area contributed by atoms with Crippen LogP contribution in [0.3, 0.4) is 0 Å². The molecule has 0 aromatic rings. The average Bonchev–Trinajstić information content (AvgIpc) is 1.97. The molecule has 1 amide bonds. The molecule has 6 heteroatoms. The van der Waals surface area contributed by atoms with Gasteiger partial charge in [-0.25, -0.2) is 0 Å². The van der Waals surface area contributed by atoms with Gasteiger partial charge < -0.3 is 4.90 Å². The molecule has 0 spiro atoms. The summed E-state index contributed by atoms with van der Waals surface area (Å²) in [5.41, 5.74) is 0. The van der Waals surface area contributed by atoms with Crippen LogP contribution in [0, 0.1) is 0 Å². The third-order valence-corrected chi connectivity index (χ3v) is 3.64. The average molecular weight is 229 g/mol. The number of rotatable bonds is 5. The largest absolute Gasteiger partial charge is 0.322 e. The second-order valence-corrected chi connectivity index (χ2v) is 5.25. The van der Waals surface area contributed by atoms with E-state index in [1.54, 1.807) is 28.6 Å². The maximum absolute atomic E-state index is 10.5. The summed E-state index contributed by atoms with van der Waals surface area (Å²) in [5.74, 6) is 1.57. The second-order valence-electron chi connectivity index (χ2n) is 2.52. The third-order valence-electron chi connectivity index (χ3n) is 0.941. The van der Waals surface area contributed by atoms with Crippen LogP contribution < -0.4 is 0 Å². The van der Waals surface area contributed by atoms with E-state index < -0.39 is 5.37 Å². The minimum atomic E-state index is -0.409. The van der Waals surface area contributed by atoms with Crippen molar-refractivity contribution < 1.29 is 4.79 Å². The molecule has 0 N–H and O–H groups in total. The van der Waals surface area contributed by atoms with Gasteiger partial charge in [0.25, 0.3) is 0 Å². The zero-order valence-electron chi connectivity index (χ0n) is 7.41. The van der Waals surface area contributed by atoms with Gasteiger partial charge in [-0.2, -0.15) is 0 Å². The summed E-state index contributed by atoms with van der Waals surface area (Å²) in [7, 11) is 9.00. The van der Waals surface area contributed by atoms with Crippen LogP contribution in [0.5, 0.6) is 0 Å². The Bertz CT molecular complexity index is 146. The van der Waals surface area contributed by atoms with Crippen molar-refractivity contribution in [3.63, 3.8) is 0 Å². The van der Waals surface area contributed by atoms with Gasteiger partial charge >= 0.3 is 5.37 Å². The maximum atomic E-state index is 10.5. The van der Waals surface area contributed by atoms with Gasteiger partial charge in [0.15, 0.2) is 0 Å². The van der Waals surface area contributed by atoms with Crippen molar-refractivity contribution in [2.24, 2.45) is 0 Å². The first-order chi connectivity index (χ1) is 5.54. The predicted octanol–water partition coefficient (Wildman–Crippen LogP) is 2.13. The summed E-state index contributed by atoms with van der Waals surface area (Å²) in [5, 5.41) is -0.409. The first kappa shape index (κ1) is 12.4. The molecule has 12 heavy (non-hydrogen) atoms. The van der Waals surface area contributed by atoms with Gasteiger partial charge in [-0.1, -0.05) is 21.6 Å². The molecule has 0 aliphatic rings. The van der Waals surface area contributed by atoms with Crippen molar-refractivity contribution >= 4 is 38.6 Å². The molecule has 0 unspecified atom stereocenters. The molecule has 0 aromatic carbocycles. The fourth-order valence-electron chi connectivity index (χ4n) is 0.310. The highest BCUT2D eigenvalue weighted by molar-refractivity contribution is 8.76. The molecule has 0 saturated carbocycles. The lowest BCUT2D eigenvalue weighted by Crippen LogP contribution is -2.19. The van der Waals surface area contributed by atoms with Gasteiger partial charge in [0.05, 0.1) is 11.8 Å². The van der Waals surface area contributed by atoms with Crippen LogP contribution in [0.2, 0.25) is 0 Å². The van der Waals surface area contributed by atoms with Crippen LogP contribution in [0.1, 0.15) is 0 Å². The summed E-state index contributed by atoms with van der Waals surface area (Å²) in [4.78, 5) is 14.1. The highest BCUT2D eigenvalue weighted by Crippen LogP contribution is 2.22. The summed E-state index contributed by atoms with van der Waals surface area (Å²) >= 11 is 5.22. The molecule has 0 aliphatic carbocycles. The monoisotopic (exact) mass is 228 g/mol. The number of nitrogens with zero attached hydrogens (tertiary/aromatic N) is 2. The van der Waals surface area contributed by atoms with Gasteiger partial charge in [0.2, 0.25) is 0 Å². The maximum Gasteiger partial charge on any atom is 0.316 e. The smallest absolute Gasteiger partial charge is 0.316 e. The van der Waals surface area contributed by atoms with Crippen LogP contribution >= 0.6 is 33.2 Å². The fourth-order valence-corrected chi connectivity index (χ4v) is 2.63. The van der Waals surface area contributed by atoms with E-state index in [0.717, 1.165) is 5.88 Å². The Morgan fingerprint density at radius 2 is 1.75 bits per heavy atom. The molecular weight excluding hydrogens is 216 g/mol. The number of hydrogen-bond donors (Lipinski definition) is 0. The number of halogens is 1. The number of carbonyl (C=O) groups excluding carboxylic acids is 1. The summed E-state index contributed by atoms with van der Waals surface area (Å²) in [6, 6.07) is 0. The first-order valence-corrected chi connectivity index (χ1v) is 6.20. The summed E-state index contributed by atoms with van der Waals surface area (Å²) < 4.78 is 0. The van der Waals surface area contributed by atoms with E-state index in [-0.39, 0.29) is 0 Å². The van der Waals surface area contributed by atoms with E-state index in [1.165, 1.54) is 4.90 Å². The molecule has 0 bridgehead atoms. The van der Waals surface area contributed by atoms with Gasteiger partial charge in [0.1, 0.15) is 0 Å². The van der Waals surface area contributed by atoms with Gasteiger partial charge in [-0.15, -0.1) is 0 Å². The molecule has 0 saturated heterocycles. The van der Waals surface area contributed by atoms with Crippen molar-refractivity contribution in [2.75, 3.05) is 32.9 Å². The predicted molar refractivity (Wildman–Crippen MR) is 57.6 cm³/mol. The Balaban J connectivity index is 3.25. The Hall–Kier alpha value is 0.420. The van der Waals surface area contributed by atoms with Crippen molar-refractivity contribution in [1.29, 1.82) is 0 Å². The molecule has 0 atom stereocenters. The standard InChI is InChI=1S/C6H13ClN2OS2/c1-8(2)4-11-12-5-9(3)6(7)10/h4-5H2,1-3H3. The van der Waals surface area contributed by atoms with E-state index in [9.17, 15) is 4.79 Å². The Kier molecular flexibility index (Phi) is 7.13. The highest BCUT2D eigenvalue weighted by atomic mass is 35.5. The molecule has 3 nitrogen and oxygen atoms in total. The van der Waals surface area contributed by atoms with Crippen molar-refractivity contribution in [3.05, 3.63) is 0 Å². The van der Waals surface area contributed by atoms with Crippen LogP contribution in [-0.2, 0) is 0 Å². The van der Waals surface area contributed by atoms with Crippen LogP contribution in [0.15, 0.2) is 0 Å². The van der Waals surface area contributed by atoms with Gasteiger partial charge in [-0.05, 0) is 25.7 Å². The van der Waals surface area contributed by atoms with Gasteiger partial charge in [-0.3, -0.25) is 9.69 Å². The van der Waals surface area contributed by atoms with Gasteiger partial charge in [0, 0.05) is 7.05 Å². The molecule has 72 valence electrons. The molecule has 0 aliphatic heterocycles. The minimum Gasteiger partial charge on any atom is -0.322 e. The topological polar surface area (TPSA) is 23.6 Å². The number of carbonyl (C=O) groups is 1. The summed E-state index contributed by atoms with van der Waals surface area (Å²) in [6.45, 7) is 0. The van der Waals surface area contributed by atoms with Crippen molar-refractivity contribution in [2.45, 2.75) is 0 Å². The van der Waals surface area contributed by atoms with Crippen molar-refractivity contribution in [1.82, 2.24) is 9.80 Å².